The summed E-state index contributed by atoms with van der Waals surface area (Å²) in [6, 6.07) is 6.42. The number of esters is 2. The van der Waals surface area contributed by atoms with Gasteiger partial charge in [0.15, 0.2) is 12.2 Å². The average Bonchev–Trinajstić information content (AvgIpc) is 2.63. The summed E-state index contributed by atoms with van der Waals surface area (Å²) >= 11 is 0. The largest absolute Gasteiger partial charge is 0.453 e. The van der Waals surface area contributed by atoms with Crippen LogP contribution in [0.1, 0.15) is 33.5 Å². The molecule has 154 valence electrons. The number of para-hydroxylation sites is 1. The van der Waals surface area contributed by atoms with E-state index in [1.165, 1.54) is 26.8 Å². The van der Waals surface area contributed by atoms with Crippen molar-refractivity contribution in [3.8, 4) is 0 Å². The number of benzene rings is 1. The van der Waals surface area contributed by atoms with Crippen LogP contribution in [0.15, 0.2) is 29.1 Å². The molecule has 0 saturated heterocycles. The molecule has 1 aromatic carbocycles. The molecule has 0 saturated carbocycles. The van der Waals surface area contributed by atoms with Gasteiger partial charge in [0.05, 0.1) is 10.9 Å². The van der Waals surface area contributed by atoms with Gasteiger partial charge in [-0.2, -0.15) is 9.69 Å². The van der Waals surface area contributed by atoms with Crippen LogP contribution in [0.4, 0.5) is 0 Å². The first-order valence-electron chi connectivity index (χ1n) is 8.75. The summed E-state index contributed by atoms with van der Waals surface area (Å²) in [6.45, 7) is 6.16. The first-order chi connectivity index (χ1) is 13.5. The van der Waals surface area contributed by atoms with Gasteiger partial charge in [-0.25, -0.2) is 4.98 Å². The first kappa shape index (κ1) is 21.7. The van der Waals surface area contributed by atoms with Gasteiger partial charge in [-0.05, 0) is 32.9 Å². The fourth-order valence-corrected chi connectivity index (χ4v) is 2.72. The molecule has 0 bridgehead atoms. The Balaban J connectivity index is 2.67. The number of carbonyl (C=O) groups is 4. The van der Waals surface area contributed by atoms with Crippen LogP contribution in [0.5, 0.6) is 0 Å². The number of amides is 2. The Bertz CT molecular complexity index is 1010. The zero-order valence-electron chi connectivity index (χ0n) is 16.7. The number of aryl methyl sites for hydroxylation is 1. The number of imide groups is 1. The summed E-state index contributed by atoms with van der Waals surface area (Å²) < 4.78 is 10.5. The van der Waals surface area contributed by atoms with Crippen LogP contribution in [0, 0.1) is 6.92 Å². The lowest BCUT2D eigenvalue weighted by molar-refractivity contribution is -0.156. The molecular formula is C19H21N3O7. The molecule has 10 heteroatoms. The molecule has 0 N–H and O–H groups in total. The topological polar surface area (TPSA) is 125 Å². The van der Waals surface area contributed by atoms with Gasteiger partial charge in [0, 0.05) is 13.8 Å². The number of fused-ring (bicyclic) bond motifs is 1. The molecule has 0 unspecified atom stereocenters. The minimum atomic E-state index is -1.38. The number of aromatic nitrogens is 2. The molecule has 2 rings (SSSR count). The van der Waals surface area contributed by atoms with Gasteiger partial charge >= 0.3 is 11.9 Å². The van der Waals surface area contributed by atoms with Crippen molar-refractivity contribution >= 4 is 34.7 Å². The fraction of sp³-hybridized carbons (Fsp3) is 0.368. The molecular weight excluding hydrogens is 382 g/mol. The minimum Gasteiger partial charge on any atom is -0.453 e. The second kappa shape index (κ2) is 8.63. The number of carbonyl (C=O) groups excluding carboxylic acids is 4. The van der Waals surface area contributed by atoms with Gasteiger partial charge < -0.3 is 9.47 Å². The van der Waals surface area contributed by atoms with E-state index in [0.717, 1.165) is 18.5 Å². The van der Waals surface area contributed by atoms with Crippen LogP contribution in [0.3, 0.4) is 0 Å². The Morgan fingerprint density at radius 2 is 1.45 bits per heavy atom. The number of ether oxygens (including phenoxy) is 2. The zero-order chi connectivity index (χ0) is 21.9. The lowest BCUT2D eigenvalue weighted by atomic mass is 10.2. The smallest absolute Gasteiger partial charge is 0.303 e. The van der Waals surface area contributed by atoms with Crippen molar-refractivity contribution in [1.29, 1.82) is 0 Å². The second-order valence-electron chi connectivity index (χ2n) is 6.28. The van der Waals surface area contributed by atoms with Crippen LogP contribution in [0.2, 0.25) is 0 Å². The molecule has 0 aliphatic rings. The molecule has 0 aliphatic carbocycles. The SMILES string of the molecule is CC(=O)O[C@@H](C)C(=O)N(C(=O)[C@H](C)OC(C)=O)n1c(C)nc2ccccc2c1=O. The number of hydrogen-bond acceptors (Lipinski definition) is 8. The molecule has 10 nitrogen and oxygen atoms in total. The molecule has 29 heavy (non-hydrogen) atoms. The maximum Gasteiger partial charge on any atom is 0.303 e. The first-order valence-corrected chi connectivity index (χ1v) is 8.75. The van der Waals surface area contributed by atoms with Crippen LogP contribution in [-0.4, -0.2) is 45.6 Å². The lowest BCUT2D eigenvalue weighted by Crippen LogP contribution is -2.58. The van der Waals surface area contributed by atoms with E-state index in [-0.39, 0.29) is 11.2 Å². The van der Waals surface area contributed by atoms with E-state index in [1.54, 1.807) is 18.2 Å². The van der Waals surface area contributed by atoms with E-state index in [9.17, 15) is 24.0 Å². The van der Waals surface area contributed by atoms with Crippen LogP contribution in [0.25, 0.3) is 10.9 Å². The summed E-state index contributed by atoms with van der Waals surface area (Å²) in [5, 5.41) is 0.669. The molecule has 0 spiro atoms. The molecule has 2 atom stereocenters. The Morgan fingerprint density at radius 3 is 1.93 bits per heavy atom. The normalized spacial score (nSPS) is 12.7. The standard InChI is InChI=1S/C19H21N3O7/c1-10(28-13(4)23)17(25)22(18(26)11(2)29-14(5)24)21-12(3)20-16-9-7-6-8-15(16)19(21)27/h6-11H,1-5H3/t10-,11-/m0/s1. The van der Waals surface area contributed by atoms with Gasteiger partial charge in [0.2, 0.25) is 0 Å². The van der Waals surface area contributed by atoms with Crippen LogP contribution >= 0.6 is 0 Å². The third-order valence-electron chi connectivity index (χ3n) is 3.91. The number of nitrogens with zero attached hydrogens (tertiary/aromatic N) is 3. The van der Waals surface area contributed by atoms with Gasteiger partial charge in [0.1, 0.15) is 5.82 Å². The highest BCUT2D eigenvalue weighted by Gasteiger charge is 2.35. The summed E-state index contributed by atoms with van der Waals surface area (Å²) in [5.41, 5.74) is -0.299. The summed E-state index contributed by atoms with van der Waals surface area (Å²) in [6.07, 6.45) is -2.75. The van der Waals surface area contributed by atoms with Crippen molar-refractivity contribution in [2.45, 2.75) is 46.8 Å². The van der Waals surface area contributed by atoms with E-state index in [4.69, 9.17) is 9.47 Å². The molecule has 0 fully saturated rings. The molecule has 0 radical (unpaired) electrons. The van der Waals surface area contributed by atoms with Crippen molar-refractivity contribution in [2.24, 2.45) is 0 Å². The molecule has 1 heterocycles. The third-order valence-corrected chi connectivity index (χ3v) is 3.91. The average molecular weight is 403 g/mol. The van der Waals surface area contributed by atoms with Crippen molar-refractivity contribution in [1.82, 2.24) is 9.66 Å². The Labute approximate surface area is 166 Å². The van der Waals surface area contributed by atoms with E-state index in [2.05, 4.69) is 4.98 Å². The van der Waals surface area contributed by atoms with Crippen molar-refractivity contribution in [3.05, 3.63) is 40.4 Å². The van der Waals surface area contributed by atoms with Crippen molar-refractivity contribution < 1.29 is 28.7 Å². The molecule has 1 aromatic heterocycles. The Hall–Kier alpha value is -3.56. The lowest BCUT2D eigenvalue weighted by Gasteiger charge is -2.28. The molecule has 0 aliphatic heterocycles. The molecule has 2 amide bonds. The predicted octanol–water partition coefficient (Wildman–Crippen LogP) is 0.599. The zero-order valence-corrected chi connectivity index (χ0v) is 16.7. The van der Waals surface area contributed by atoms with Crippen LogP contribution < -0.4 is 10.6 Å². The maximum absolute atomic E-state index is 13.1. The van der Waals surface area contributed by atoms with E-state index in [1.807, 2.05) is 0 Å². The summed E-state index contributed by atoms with van der Waals surface area (Å²) in [7, 11) is 0. The highest BCUT2D eigenvalue weighted by molar-refractivity contribution is 6.12. The predicted molar refractivity (Wildman–Crippen MR) is 101 cm³/mol. The quantitative estimate of drug-likeness (QED) is 0.665. The van der Waals surface area contributed by atoms with E-state index >= 15 is 0 Å². The van der Waals surface area contributed by atoms with Gasteiger partial charge in [0.25, 0.3) is 17.4 Å². The maximum atomic E-state index is 13.1. The van der Waals surface area contributed by atoms with Gasteiger partial charge in [-0.3, -0.25) is 24.0 Å². The summed E-state index contributed by atoms with van der Waals surface area (Å²) in [4.78, 5) is 65.7. The van der Waals surface area contributed by atoms with Crippen molar-refractivity contribution in [3.63, 3.8) is 0 Å². The Kier molecular flexibility index (Phi) is 6.47. The number of hydrogen-bond donors (Lipinski definition) is 0. The van der Waals surface area contributed by atoms with E-state index < -0.39 is 41.5 Å². The summed E-state index contributed by atoms with van der Waals surface area (Å²) in [5.74, 6) is -3.43. The second-order valence-corrected chi connectivity index (χ2v) is 6.28. The highest BCUT2D eigenvalue weighted by Crippen LogP contribution is 2.11. The molecule has 2 aromatic rings. The monoisotopic (exact) mass is 403 g/mol. The van der Waals surface area contributed by atoms with Gasteiger partial charge in [-0.1, -0.05) is 12.1 Å². The highest BCUT2D eigenvalue weighted by atomic mass is 16.6. The van der Waals surface area contributed by atoms with Gasteiger partial charge in [-0.15, -0.1) is 0 Å². The third kappa shape index (κ3) is 4.65. The fourth-order valence-electron chi connectivity index (χ4n) is 2.72. The van der Waals surface area contributed by atoms with E-state index in [0.29, 0.717) is 10.5 Å². The Morgan fingerprint density at radius 1 is 0.966 bits per heavy atom. The van der Waals surface area contributed by atoms with Crippen LogP contribution in [-0.2, 0) is 28.7 Å². The van der Waals surface area contributed by atoms with Crippen molar-refractivity contribution in [2.75, 3.05) is 5.01 Å². The number of rotatable bonds is 5. The minimum absolute atomic E-state index is 0.0421.